The first-order chi connectivity index (χ1) is 9.79. The maximum Gasteiger partial charge on any atom is 0.417 e. The van der Waals surface area contributed by atoms with E-state index in [2.05, 4.69) is 5.32 Å². The maximum atomic E-state index is 12.8. The van der Waals surface area contributed by atoms with Gasteiger partial charge in [0.15, 0.2) is 0 Å². The largest absolute Gasteiger partial charge is 0.464 e. The molecule has 0 fully saturated rings. The lowest BCUT2D eigenvalue weighted by atomic mass is 10.1. The zero-order chi connectivity index (χ0) is 16.0. The molecule has 1 unspecified atom stereocenters. The van der Waals surface area contributed by atoms with Gasteiger partial charge in [-0.15, -0.1) is 0 Å². The summed E-state index contributed by atoms with van der Waals surface area (Å²) in [6, 6.07) is 2.77. The van der Waals surface area contributed by atoms with E-state index >= 15 is 0 Å². The number of carbonyl (C=O) groups excluding carboxylic acids is 1. The van der Waals surface area contributed by atoms with Gasteiger partial charge < -0.3 is 10.1 Å². The number of rotatable bonds is 6. The van der Waals surface area contributed by atoms with Crippen molar-refractivity contribution in [1.82, 2.24) is 0 Å². The Morgan fingerprint density at radius 2 is 2.05 bits per heavy atom. The molecule has 1 aromatic rings. The molecule has 1 aromatic carbocycles. The molecule has 0 bridgehead atoms. The van der Waals surface area contributed by atoms with Crippen LogP contribution in [0.15, 0.2) is 18.2 Å². The van der Waals surface area contributed by atoms with Gasteiger partial charge in [-0.05, 0) is 31.5 Å². The number of hydrogen-bond donors (Lipinski definition) is 1. The van der Waals surface area contributed by atoms with Crippen LogP contribution < -0.4 is 5.32 Å². The lowest BCUT2D eigenvalue weighted by Gasteiger charge is -2.19. The molecule has 0 saturated heterocycles. The predicted octanol–water partition coefficient (Wildman–Crippen LogP) is 4.50. The number of halogens is 4. The Hall–Kier alpha value is -1.43. The fraction of sp³-hybridized carbons (Fsp3) is 0.500. The summed E-state index contributed by atoms with van der Waals surface area (Å²) in [5.74, 6) is -0.483. The van der Waals surface area contributed by atoms with Crippen LogP contribution in [-0.2, 0) is 15.7 Å². The Bertz CT molecular complexity index is 492. The Labute approximate surface area is 126 Å². The van der Waals surface area contributed by atoms with Crippen molar-refractivity contribution in [1.29, 1.82) is 0 Å². The summed E-state index contributed by atoms with van der Waals surface area (Å²) in [7, 11) is 0. The third-order valence-corrected chi connectivity index (χ3v) is 3.09. The molecule has 0 heterocycles. The summed E-state index contributed by atoms with van der Waals surface area (Å²) in [6.45, 7) is 3.76. The van der Waals surface area contributed by atoms with E-state index in [-0.39, 0.29) is 17.3 Å². The summed E-state index contributed by atoms with van der Waals surface area (Å²) in [4.78, 5) is 11.8. The van der Waals surface area contributed by atoms with Crippen LogP contribution in [0.3, 0.4) is 0 Å². The molecule has 0 radical (unpaired) electrons. The van der Waals surface area contributed by atoms with Gasteiger partial charge in [0.2, 0.25) is 0 Å². The minimum Gasteiger partial charge on any atom is -0.464 e. The highest BCUT2D eigenvalue weighted by Gasteiger charge is 2.33. The van der Waals surface area contributed by atoms with Gasteiger partial charge in [-0.1, -0.05) is 24.9 Å². The van der Waals surface area contributed by atoms with Gasteiger partial charge >= 0.3 is 12.1 Å². The Morgan fingerprint density at radius 3 is 2.57 bits per heavy atom. The molecule has 0 aromatic heterocycles. The van der Waals surface area contributed by atoms with E-state index in [9.17, 15) is 18.0 Å². The molecular weight excluding hydrogens is 307 g/mol. The lowest BCUT2D eigenvalue weighted by molar-refractivity contribution is -0.144. The molecule has 0 aliphatic carbocycles. The number of anilines is 1. The average Bonchev–Trinajstić information content (AvgIpc) is 2.39. The third kappa shape index (κ3) is 5.12. The van der Waals surface area contributed by atoms with Crippen LogP contribution in [-0.4, -0.2) is 18.6 Å². The second-order valence-electron chi connectivity index (χ2n) is 4.43. The van der Waals surface area contributed by atoms with Crippen molar-refractivity contribution in [3.05, 3.63) is 28.8 Å². The van der Waals surface area contributed by atoms with Crippen molar-refractivity contribution in [2.24, 2.45) is 0 Å². The predicted molar refractivity (Wildman–Crippen MR) is 75.4 cm³/mol. The SMILES string of the molecule is CCCC(Nc1ccc(Cl)c(C(F)(F)F)c1)C(=O)OCC. The minimum atomic E-state index is -4.54. The fourth-order valence-corrected chi connectivity index (χ4v) is 2.04. The van der Waals surface area contributed by atoms with Crippen molar-refractivity contribution < 1.29 is 22.7 Å². The third-order valence-electron chi connectivity index (χ3n) is 2.76. The van der Waals surface area contributed by atoms with E-state index in [1.54, 1.807) is 6.92 Å². The normalized spacial score (nSPS) is 12.9. The van der Waals surface area contributed by atoms with Crippen molar-refractivity contribution in [3.8, 4) is 0 Å². The Balaban J connectivity index is 2.96. The van der Waals surface area contributed by atoms with Crippen LogP contribution >= 0.6 is 11.6 Å². The van der Waals surface area contributed by atoms with E-state index in [0.29, 0.717) is 12.8 Å². The minimum absolute atomic E-state index is 0.179. The van der Waals surface area contributed by atoms with Crippen molar-refractivity contribution in [2.45, 2.75) is 38.9 Å². The summed E-state index contributed by atoms with van der Waals surface area (Å²) in [5.41, 5.74) is -0.758. The van der Waals surface area contributed by atoms with Gasteiger partial charge in [-0.3, -0.25) is 0 Å². The second-order valence-corrected chi connectivity index (χ2v) is 4.84. The number of nitrogens with one attached hydrogen (secondary N) is 1. The number of esters is 1. The summed E-state index contributed by atoms with van der Waals surface area (Å²) >= 11 is 5.55. The highest BCUT2D eigenvalue weighted by molar-refractivity contribution is 6.31. The molecule has 3 nitrogen and oxygen atoms in total. The van der Waals surface area contributed by atoms with Crippen LogP contribution in [0.4, 0.5) is 18.9 Å². The quantitative estimate of drug-likeness (QED) is 0.783. The molecule has 0 spiro atoms. The van der Waals surface area contributed by atoms with Gasteiger partial charge in [0, 0.05) is 5.69 Å². The Kier molecular flexibility index (Phi) is 6.33. The van der Waals surface area contributed by atoms with E-state index in [0.717, 1.165) is 12.1 Å². The van der Waals surface area contributed by atoms with Gasteiger partial charge in [-0.25, -0.2) is 4.79 Å². The van der Waals surface area contributed by atoms with Crippen LogP contribution in [0.1, 0.15) is 32.3 Å². The topological polar surface area (TPSA) is 38.3 Å². The first kappa shape index (κ1) is 17.6. The molecule has 0 saturated carbocycles. The second kappa shape index (κ2) is 7.54. The van der Waals surface area contributed by atoms with Crippen molar-refractivity contribution >= 4 is 23.3 Å². The molecule has 0 aliphatic heterocycles. The smallest absolute Gasteiger partial charge is 0.417 e. The van der Waals surface area contributed by atoms with Gasteiger partial charge in [0.05, 0.1) is 17.2 Å². The first-order valence-corrected chi connectivity index (χ1v) is 6.97. The molecule has 21 heavy (non-hydrogen) atoms. The fourth-order valence-electron chi connectivity index (χ4n) is 1.81. The first-order valence-electron chi connectivity index (χ1n) is 6.59. The molecule has 1 N–H and O–H groups in total. The molecular formula is C14H17ClF3NO2. The summed E-state index contributed by atoms with van der Waals surface area (Å²) < 4.78 is 43.3. The van der Waals surface area contributed by atoms with Crippen LogP contribution in [0, 0.1) is 0 Å². The molecule has 0 amide bonds. The van der Waals surface area contributed by atoms with Gasteiger partial charge in [0.1, 0.15) is 6.04 Å². The van der Waals surface area contributed by atoms with Crippen molar-refractivity contribution in [3.63, 3.8) is 0 Å². The molecule has 7 heteroatoms. The highest BCUT2D eigenvalue weighted by atomic mass is 35.5. The number of ether oxygens (including phenoxy) is 1. The van der Waals surface area contributed by atoms with E-state index in [4.69, 9.17) is 16.3 Å². The zero-order valence-electron chi connectivity index (χ0n) is 11.8. The number of carbonyl (C=O) groups is 1. The van der Waals surface area contributed by atoms with E-state index < -0.39 is 23.8 Å². The summed E-state index contributed by atoms with van der Waals surface area (Å²) in [5, 5.41) is 2.39. The zero-order valence-corrected chi connectivity index (χ0v) is 12.5. The van der Waals surface area contributed by atoms with Crippen LogP contribution in [0.5, 0.6) is 0 Å². The molecule has 118 valence electrons. The molecule has 1 atom stereocenters. The van der Waals surface area contributed by atoms with Crippen LogP contribution in [0.25, 0.3) is 0 Å². The standard InChI is InChI=1S/C14H17ClF3NO2/c1-3-5-12(13(20)21-4-2)19-9-6-7-11(15)10(8-9)14(16,17)18/h6-8,12,19H,3-5H2,1-2H3. The molecule has 1 rings (SSSR count). The summed E-state index contributed by atoms with van der Waals surface area (Å²) in [6.07, 6.45) is -3.39. The van der Waals surface area contributed by atoms with Gasteiger partial charge in [-0.2, -0.15) is 13.2 Å². The van der Waals surface area contributed by atoms with Crippen LogP contribution in [0.2, 0.25) is 5.02 Å². The van der Waals surface area contributed by atoms with E-state index in [1.165, 1.54) is 6.07 Å². The number of alkyl halides is 3. The molecule has 0 aliphatic rings. The van der Waals surface area contributed by atoms with Gasteiger partial charge in [0.25, 0.3) is 0 Å². The maximum absolute atomic E-state index is 12.8. The Morgan fingerprint density at radius 1 is 1.38 bits per heavy atom. The average molecular weight is 324 g/mol. The number of hydrogen-bond acceptors (Lipinski definition) is 3. The number of benzene rings is 1. The highest BCUT2D eigenvalue weighted by Crippen LogP contribution is 2.36. The van der Waals surface area contributed by atoms with Crippen molar-refractivity contribution in [2.75, 3.05) is 11.9 Å². The monoisotopic (exact) mass is 323 g/mol. The van der Waals surface area contributed by atoms with E-state index in [1.807, 2.05) is 6.92 Å². The lowest BCUT2D eigenvalue weighted by Crippen LogP contribution is -2.31.